The summed E-state index contributed by atoms with van der Waals surface area (Å²) < 4.78 is 0. The smallest absolute Gasteiger partial charge is 0.203 e. The van der Waals surface area contributed by atoms with E-state index in [-0.39, 0.29) is 0 Å². The normalized spacial score (nSPS) is 17.5. The Morgan fingerprint density at radius 1 is 1.20 bits per heavy atom. The predicted molar refractivity (Wildman–Crippen MR) is 128 cm³/mol. The van der Waals surface area contributed by atoms with Gasteiger partial charge in [-0.3, -0.25) is 10.3 Å². The number of aryl methyl sites for hydroxylation is 1. The van der Waals surface area contributed by atoms with Crippen molar-refractivity contribution >= 4 is 22.7 Å². The van der Waals surface area contributed by atoms with Crippen LogP contribution in [-0.4, -0.2) is 28.7 Å². The molecule has 5 heteroatoms. The first kappa shape index (κ1) is 20.8. The van der Waals surface area contributed by atoms with Gasteiger partial charge in [-0.05, 0) is 56.8 Å². The van der Waals surface area contributed by atoms with Crippen LogP contribution in [0.25, 0.3) is 11.3 Å². The molecule has 0 spiro atoms. The Morgan fingerprint density at radius 2 is 2.03 bits per heavy atom. The average Bonchev–Trinajstić information content (AvgIpc) is 3.22. The van der Waals surface area contributed by atoms with E-state index >= 15 is 0 Å². The van der Waals surface area contributed by atoms with Crippen LogP contribution in [0.2, 0.25) is 0 Å². The summed E-state index contributed by atoms with van der Waals surface area (Å²) in [7, 11) is 0. The molecule has 0 aliphatic carbocycles. The van der Waals surface area contributed by atoms with Crippen molar-refractivity contribution in [3.05, 3.63) is 70.1 Å². The minimum Gasteiger partial charge on any atom is -0.296 e. The van der Waals surface area contributed by atoms with Gasteiger partial charge < -0.3 is 0 Å². The number of benzene rings is 2. The van der Waals surface area contributed by atoms with Crippen molar-refractivity contribution < 1.29 is 0 Å². The van der Waals surface area contributed by atoms with Crippen LogP contribution in [-0.2, 0) is 6.54 Å². The third-order valence-electron chi connectivity index (χ3n) is 5.95. The number of nitrogens with one attached hydrogen (secondary N) is 1. The summed E-state index contributed by atoms with van der Waals surface area (Å²) in [5.41, 5.74) is 10.4. The number of hydrogen-bond acceptors (Lipinski definition) is 5. The molecule has 0 amide bonds. The van der Waals surface area contributed by atoms with Crippen LogP contribution in [0.5, 0.6) is 0 Å². The molecule has 4 rings (SSSR count). The van der Waals surface area contributed by atoms with E-state index in [0.29, 0.717) is 6.04 Å². The second-order valence-electron chi connectivity index (χ2n) is 8.23. The molecule has 1 atom stereocenters. The number of hydrogen-bond donors (Lipinski definition) is 1. The first-order valence-electron chi connectivity index (χ1n) is 10.7. The lowest BCUT2D eigenvalue weighted by atomic mass is 9.97. The molecule has 0 bridgehead atoms. The number of thiazole rings is 1. The summed E-state index contributed by atoms with van der Waals surface area (Å²) >= 11 is 1.57. The maximum absolute atomic E-state index is 4.64. The largest absolute Gasteiger partial charge is 0.296 e. The van der Waals surface area contributed by atoms with E-state index in [1.165, 1.54) is 48.1 Å². The second-order valence-corrected chi connectivity index (χ2v) is 9.09. The van der Waals surface area contributed by atoms with Gasteiger partial charge >= 0.3 is 0 Å². The summed E-state index contributed by atoms with van der Waals surface area (Å²) in [5, 5.41) is 7.35. The topological polar surface area (TPSA) is 40.5 Å². The first-order valence-corrected chi connectivity index (χ1v) is 11.6. The van der Waals surface area contributed by atoms with Crippen LogP contribution < -0.4 is 5.43 Å². The van der Waals surface area contributed by atoms with Crippen LogP contribution in [0, 0.1) is 13.8 Å². The summed E-state index contributed by atoms with van der Waals surface area (Å²) in [5.74, 6) is 0. The molecule has 4 nitrogen and oxygen atoms in total. The second kappa shape index (κ2) is 9.54. The zero-order valence-corrected chi connectivity index (χ0v) is 18.9. The van der Waals surface area contributed by atoms with Crippen LogP contribution in [0.3, 0.4) is 0 Å². The zero-order chi connectivity index (χ0) is 20.9. The van der Waals surface area contributed by atoms with E-state index in [0.717, 1.165) is 22.9 Å². The Labute approximate surface area is 183 Å². The molecule has 1 aliphatic heterocycles. The van der Waals surface area contributed by atoms with Crippen molar-refractivity contribution in [3.8, 4) is 11.3 Å². The summed E-state index contributed by atoms with van der Waals surface area (Å²) in [6, 6.07) is 15.4. The fourth-order valence-corrected chi connectivity index (χ4v) is 4.77. The number of aromatic nitrogens is 1. The van der Waals surface area contributed by atoms with Gasteiger partial charge in [-0.2, -0.15) is 5.10 Å². The number of nitrogens with zero attached hydrogens (tertiary/aromatic N) is 3. The molecule has 1 aliphatic rings. The fourth-order valence-electron chi connectivity index (χ4n) is 4.10. The van der Waals surface area contributed by atoms with Gasteiger partial charge in [-0.1, -0.05) is 54.4 Å². The SMILES string of the molecule is Cc1cc(C=NNc2nc(-c3ccccc3)cs2)c(C)c(CN2CCCCC2C)c1. The molecule has 1 N–H and O–H groups in total. The summed E-state index contributed by atoms with van der Waals surface area (Å²) in [4.78, 5) is 7.26. The van der Waals surface area contributed by atoms with Crippen LogP contribution in [0.1, 0.15) is 48.4 Å². The number of rotatable bonds is 6. The highest BCUT2D eigenvalue weighted by Crippen LogP contribution is 2.25. The van der Waals surface area contributed by atoms with Crippen LogP contribution in [0.15, 0.2) is 52.9 Å². The summed E-state index contributed by atoms with van der Waals surface area (Å²) in [6.07, 6.45) is 5.90. The van der Waals surface area contributed by atoms with E-state index in [1.807, 2.05) is 24.4 Å². The van der Waals surface area contributed by atoms with E-state index in [9.17, 15) is 0 Å². The highest BCUT2D eigenvalue weighted by atomic mass is 32.1. The van der Waals surface area contributed by atoms with Crippen molar-refractivity contribution in [1.82, 2.24) is 9.88 Å². The maximum atomic E-state index is 4.64. The number of likely N-dealkylation sites (tertiary alicyclic amines) is 1. The minimum absolute atomic E-state index is 0.668. The molecule has 1 unspecified atom stereocenters. The molecular weight excluding hydrogens is 388 g/mol. The van der Waals surface area contributed by atoms with Gasteiger partial charge in [0.25, 0.3) is 0 Å². The molecule has 2 aromatic carbocycles. The van der Waals surface area contributed by atoms with E-state index in [2.05, 4.69) is 70.8 Å². The Kier molecular flexibility index (Phi) is 6.60. The molecule has 0 radical (unpaired) electrons. The Balaban J connectivity index is 1.46. The molecule has 1 saturated heterocycles. The van der Waals surface area contributed by atoms with Gasteiger partial charge in [-0.25, -0.2) is 4.98 Å². The lowest BCUT2D eigenvalue weighted by molar-refractivity contribution is 0.152. The van der Waals surface area contributed by atoms with E-state index in [4.69, 9.17) is 0 Å². The first-order chi connectivity index (χ1) is 14.6. The van der Waals surface area contributed by atoms with Gasteiger partial charge in [0.15, 0.2) is 0 Å². The van der Waals surface area contributed by atoms with Gasteiger partial charge in [0, 0.05) is 23.5 Å². The third kappa shape index (κ3) is 4.97. The van der Waals surface area contributed by atoms with Crippen LogP contribution >= 0.6 is 11.3 Å². The Morgan fingerprint density at radius 3 is 2.83 bits per heavy atom. The molecule has 1 aromatic heterocycles. The molecule has 0 saturated carbocycles. The number of hydrazone groups is 1. The van der Waals surface area contributed by atoms with Crippen molar-refractivity contribution in [1.29, 1.82) is 0 Å². The van der Waals surface area contributed by atoms with Gasteiger partial charge in [0.2, 0.25) is 5.13 Å². The molecule has 156 valence electrons. The average molecular weight is 419 g/mol. The molecule has 2 heterocycles. The quantitative estimate of drug-likeness (QED) is 0.380. The minimum atomic E-state index is 0.668. The van der Waals surface area contributed by atoms with Crippen molar-refractivity contribution in [2.24, 2.45) is 5.10 Å². The fraction of sp³-hybridized carbons (Fsp3) is 0.360. The molecule has 30 heavy (non-hydrogen) atoms. The highest BCUT2D eigenvalue weighted by Gasteiger charge is 2.19. The van der Waals surface area contributed by atoms with E-state index in [1.54, 1.807) is 11.3 Å². The monoisotopic (exact) mass is 418 g/mol. The maximum Gasteiger partial charge on any atom is 0.203 e. The molecular formula is C25H30N4S. The van der Waals surface area contributed by atoms with Crippen molar-refractivity contribution in [3.63, 3.8) is 0 Å². The Hall–Kier alpha value is -2.50. The van der Waals surface area contributed by atoms with E-state index < -0.39 is 0 Å². The number of anilines is 1. The third-order valence-corrected chi connectivity index (χ3v) is 6.70. The van der Waals surface area contributed by atoms with Crippen LogP contribution in [0.4, 0.5) is 5.13 Å². The Bertz CT molecular complexity index is 1010. The lowest BCUT2D eigenvalue weighted by Gasteiger charge is -2.34. The molecule has 1 fully saturated rings. The van der Waals surface area contributed by atoms with Gasteiger partial charge in [0.05, 0.1) is 11.9 Å². The van der Waals surface area contributed by atoms with Gasteiger partial charge in [-0.15, -0.1) is 11.3 Å². The summed E-state index contributed by atoms with van der Waals surface area (Å²) in [6.45, 7) is 8.96. The highest BCUT2D eigenvalue weighted by molar-refractivity contribution is 7.14. The predicted octanol–water partition coefficient (Wildman–Crippen LogP) is 6.25. The van der Waals surface area contributed by atoms with Crippen molar-refractivity contribution in [2.75, 3.05) is 12.0 Å². The van der Waals surface area contributed by atoms with Gasteiger partial charge in [0.1, 0.15) is 0 Å². The lowest BCUT2D eigenvalue weighted by Crippen LogP contribution is -2.37. The van der Waals surface area contributed by atoms with Crippen molar-refractivity contribution in [2.45, 2.75) is 52.6 Å². The molecule has 3 aromatic rings. The number of piperidine rings is 1. The standard InChI is InChI=1S/C25H30N4S/c1-18-13-22(20(3)23(14-18)16-29-12-8-7-9-19(29)2)15-26-28-25-27-24(17-30-25)21-10-5-4-6-11-21/h4-6,10-11,13-15,17,19H,7-9,12,16H2,1-3H3,(H,27,28). The zero-order valence-electron chi connectivity index (χ0n) is 18.1.